The molecule has 0 saturated heterocycles. The smallest absolute Gasteiger partial charge is 0.172 e. The summed E-state index contributed by atoms with van der Waals surface area (Å²) in [4.78, 5) is 4.54. The van der Waals surface area contributed by atoms with E-state index in [-0.39, 0.29) is 0 Å². The molecule has 21 heavy (non-hydrogen) atoms. The number of rotatable bonds is 2. The fourth-order valence-corrected chi connectivity index (χ4v) is 2.92. The van der Waals surface area contributed by atoms with E-state index in [2.05, 4.69) is 21.6 Å². The van der Waals surface area contributed by atoms with E-state index in [1.165, 1.54) is 5.69 Å². The van der Waals surface area contributed by atoms with Crippen LogP contribution in [0.2, 0.25) is 0 Å². The van der Waals surface area contributed by atoms with Crippen LogP contribution < -0.4 is 4.74 Å². The fourth-order valence-electron chi connectivity index (χ4n) is 2.92. The molecule has 0 aliphatic carbocycles. The molecule has 2 aromatic heterocycles. The molecular formula is C16H15N3O2. The average Bonchev–Trinajstić information content (AvgIpc) is 3.11. The van der Waals surface area contributed by atoms with Gasteiger partial charge in [-0.25, -0.2) is 4.98 Å². The minimum Gasteiger partial charge on any atom is -0.497 e. The van der Waals surface area contributed by atoms with E-state index in [0.717, 1.165) is 46.9 Å². The second kappa shape index (κ2) is 4.48. The van der Waals surface area contributed by atoms with Gasteiger partial charge in [0.2, 0.25) is 0 Å². The third-order valence-corrected chi connectivity index (χ3v) is 4.00. The Morgan fingerprint density at radius 1 is 1.38 bits per heavy atom. The van der Waals surface area contributed by atoms with E-state index >= 15 is 0 Å². The molecule has 4 rings (SSSR count). The van der Waals surface area contributed by atoms with E-state index in [0.29, 0.717) is 0 Å². The first kappa shape index (κ1) is 12.2. The fraction of sp³-hybridized carbons (Fsp3) is 0.250. The van der Waals surface area contributed by atoms with Crippen LogP contribution in [0, 0.1) is 0 Å². The quantitative estimate of drug-likeness (QED) is 0.567. The van der Waals surface area contributed by atoms with Crippen LogP contribution in [-0.4, -0.2) is 21.8 Å². The molecule has 5 nitrogen and oxygen atoms in total. The van der Waals surface area contributed by atoms with Gasteiger partial charge >= 0.3 is 0 Å². The number of aryl methyl sites for hydroxylation is 1. The molecule has 3 aromatic rings. The molecule has 1 aliphatic heterocycles. The van der Waals surface area contributed by atoms with Gasteiger partial charge in [0, 0.05) is 17.5 Å². The minimum absolute atomic E-state index is 0.777. The SMILES string of the molecule is CCc1ncn2c1Cc1cnoc1-c1cc(OC)ccc1-2. The van der Waals surface area contributed by atoms with Crippen LogP contribution in [-0.2, 0) is 12.8 Å². The lowest BCUT2D eigenvalue weighted by atomic mass is 10.1. The Labute approximate surface area is 122 Å². The summed E-state index contributed by atoms with van der Waals surface area (Å²) in [6.07, 6.45) is 5.37. The molecule has 0 unspecified atom stereocenters. The molecular weight excluding hydrogens is 266 g/mol. The van der Waals surface area contributed by atoms with Gasteiger partial charge in [-0.2, -0.15) is 0 Å². The van der Waals surface area contributed by atoms with E-state index in [1.807, 2.05) is 24.5 Å². The third-order valence-electron chi connectivity index (χ3n) is 4.00. The van der Waals surface area contributed by atoms with Gasteiger partial charge in [-0.3, -0.25) is 0 Å². The topological polar surface area (TPSA) is 53.1 Å². The number of methoxy groups -OCH3 is 1. The Bertz CT molecular complexity index is 817. The van der Waals surface area contributed by atoms with Crippen LogP contribution >= 0.6 is 0 Å². The van der Waals surface area contributed by atoms with Crippen molar-refractivity contribution in [2.45, 2.75) is 19.8 Å². The van der Waals surface area contributed by atoms with Gasteiger partial charge in [0.15, 0.2) is 5.76 Å². The maximum Gasteiger partial charge on any atom is 0.172 e. The lowest BCUT2D eigenvalue weighted by Gasteiger charge is -2.10. The minimum atomic E-state index is 0.777. The molecule has 0 bridgehead atoms. The summed E-state index contributed by atoms with van der Waals surface area (Å²) in [5, 5.41) is 3.97. The molecule has 0 saturated carbocycles. The Kier molecular flexibility index (Phi) is 2.60. The van der Waals surface area contributed by atoms with Crippen LogP contribution in [0.5, 0.6) is 5.75 Å². The van der Waals surface area contributed by atoms with E-state index in [9.17, 15) is 0 Å². The lowest BCUT2D eigenvalue weighted by molar-refractivity contribution is 0.413. The van der Waals surface area contributed by atoms with Crippen LogP contribution in [0.25, 0.3) is 17.0 Å². The maximum absolute atomic E-state index is 5.50. The number of imidazole rings is 1. The maximum atomic E-state index is 5.50. The average molecular weight is 281 g/mol. The summed E-state index contributed by atoms with van der Waals surface area (Å²) in [5.41, 5.74) is 5.43. The molecule has 1 aromatic carbocycles. The van der Waals surface area contributed by atoms with Gasteiger partial charge in [0.25, 0.3) is 0 Å². The summed E-state index contributed by atoms with van der Waals surface area (Å²) in [6.45, 7) is 2.12. The first-order valence-corrected chi connectivity index (χ1v) is 6.99. The van der Waals surface area contributed by atoms with Crippen LogP contribution in [0.15, 0.2) is 35.2 Å². The van der Waals surface area contributed by atoms with Crippen molar-refractivity contribution in [3.63, 3.8) is 0 Å². The highest BCUT2D eigenvalue weighted by atomic mass is 16.5. The largest absolute Gasteiger partial charge is 0.497 e. The molecule has 1 aliphatic rings. The highest BCUT2D eigenvalue weighted by Gasteiger charge is 2.25. The monoisotopic (exact) mass is 281 g/mol. The summed E-state index contributed by atoms with van der Waals surface area (Å²) in [7, 11) is 1.66. The molecule has 5 heteroatoms. The van der Waals surface area contributed by atoms with Crippen molar-refractivity contribution in [1.29, 1.82) is 0 Å². The van der Waals surface area contributed by atoms with Gasteiger partial charge in [0.1, 0.15) is 5.75 Å². The Morgan fingerprint density at radius 2 is 2.29 bits per heavy atom. The first-order chi connectivity index (χ1) is 10.3. The van der Waals surface area contributed by atoms with Gasteiger partial charge in [-0.1, -0.05) is 12.1 Å². The van der Waals surface area contributed by atoms with E-state index < -0.39 is 0 Å². The molecule has 0 fully saturated rings. The van der Waals surface area contributed by atoms with Gasteiger partial charge in [0.05, 0.1) is 36.7 Å². The zero-order valence-corrected chi connectivity index (χ0v) is 12.0. The van der Waals surface area contributed by atoms with Crippen molar-refractivity contribution in [3.05, 3.63) is 47.7 Å². The van der Waals surface area contributed by atoms with Gasteiger partial charge < -0.3 is 13.8 Å². The second-order valence-corrected chi connectivity index (χ2v) is 5.10. The molecule has 0 spiro atoms. The summed E-state index contributed by atoms with van der Waals surface area (Å²) < 4.78 is 13.0. The van der Waals surface area contributed by atoms with E-state index in [1.54, 1.807) is 13.3 Å². The summed E-state index contributed by atoms with van der Waals surface area (Å²) in [5.74, 6) is 1.62. The van der Waals surface area contributed by atoms with Gasteiger partial charge in [-0.15, -0.1) is 0 Å². The Hall–Kier alpha value is -2.56. The van der Waals surface area contributed by atoms with Crippen LogP contribution in [0.3, 0.4) is 0 Å². The second-order valence-electron chi connectivity index (χ2n) is 5.10. The van der Waals surface area contributed by atoms with Crippen molar-refractivity contribution in [1.82, 2.24) is 14.7 Å². The predicted octanol–water partition coefficient (Wildman–Crippen LogP) is 3.00. The number of fused-ring (bicyclic) bond motifs is 5. The van der Waals surface area contributed by atoms with E-state index in [4.69, 9.17) is 9.26 Å². The number of hydrogen-bond acceptors (Lipinski definition) is 4. The molecule has 106 valence electrons. The third kappa shape index (κ3) is 1.70. The van der Waals surface area contributed by atoms with Gasteiger partial charge in [-0.05, 0) is 24.6 Å². The number of ether oxygens (including phenoxy) is 1. The number of nitrogens with zero attached hydrogens (tertiary/aromatic N) is 3. The molecule has 0 radical (unpaired) electrons. The molecule has 3 heterocycles. The number of aromatic nitrogens is 3. The number of benzene rings is 1. The lowest BCUT2D eigenvalue weighted by Crippen LogP contribution is -2.00. The number of hydrogen-bond donors (Lipinski definition) is 0. The molecule has 0 atom stereocenters. The molecule has 0 N–H and O–H groups in total. The van der Waals surface area contributed by atoms with Crippen molar-refractivity contribution >= 4 is 0 Å². The highest BCUT2D eigenvalue weighted by molar-refractivity contribution is 5.74. The van der Waals surface area contributed by atoms with Crippen molar-refractivity contribution in [2.24, 2.45) is 0 Å². The normalized spacial score (nSPS) is 12.3. The van der Waals surface area contributed by atoms with Crippen molar-refractivity contribution < 1.29 is 9.26 Å². The first-order valence-electron chi connectivity index (χ1n) is 6.99. The van der Waals surface area contributed by atoms with Crippen LogP contribution in [0.1, 0.15) is 23.9 Å². The Morgan fingerprint density at radius 3 is 3.10 bits per heavy atom. The summed E-state index contributed by atoms with van der Waals surface area (Å²) in [6, 6.07) is 5.98. The molecule has 0 amide bonds. The zero-order valence-electron chi connectivity index (χ0n) is 12.0. The summed E-state index contributed by atoms with van der Waals surface area (Å²) >= 11 is 0. The van der Waals surface area contributed by atoms with Crippen molar-refractivity contribution in [2.75, 3.05) is 7.11 Å². The predicted molar refractivity (Wildman–Crippen MR) is 77.8 cm³/mol. The zero-order chi connectivity index (χ0) is 14.4. The standard InChI is InChI=1S/C16H15N3O2/c1-3-13-15-6-10-8-18-21-16(10)12-7-11(20-2)4-5-14(12)19(15)9-17-13/h4-5,7-9H,3,6H2,1-2H3. The highest BCUT2D eigenvalue weighted by Crippen LogP contribution is 2.37. The Balaban J connectivity index is 2.05. The van der Waals surface area contributed by atoms with Crippen LogP contribution in [0.4, 0.5) is 0 Å². The van der Waals surface area contributed by atoms with Crippen molar-refractivity contribution in [3.8, 4) is 22.8 Å².